The van der Waals surface area contributed by atoms with Crippen LogP contribution < -0.4 is 5.43 Å². The molecule has 0 aliphatic heterocycles. The third-order valence-electron chi connectivity index (χ3n) is 4.10. The lowest BCUT2D eigenvalue weighted by Gasteiger charge is -2.18. The Morgan fingerprint density at radius 2 is 1.89 bits per heavy atom. The van der Waals surface area contributed by atoms with Crippen molar-refractivity contribution in [1.29, 1.82) is 0 Å². The van der Waals surface area contributed by atoms with E-state index in [0.29, 0.717) is 10.7 Å². The number of benzene rings is 2. The maximum atomic E-state index is 12.6. The molecule has 0 amide bonds. The number of halogens is 1. The zero-order valence-corrected chi connectivity index (χ0v) is 17.3. The van der Waals surface area contributed by atoms with Crippen LogP contribution >= 0.6 is 11.6 Å². The van der Waals surface area contributed by atoms with Gasteiger partial charge in [0, 0.05) is 24.2 Å². The fraction of sp³-hybridized carbons (Fsp3) is 0.278. The summed E-state index contributed by atoms with van der Waals surface area (Å²) in [6.07, 6.45) is 0. The van der Waals surface area contributed by atoms with Crippen LogP contribution in [0.3, 0.4) is 0 Å². The van der Waals surface area contributed by atoms with Gasteiger partial charge in [-0.05, 0) is 36.8 Å². The maximum absolute atomic E-state index is 12.6. The molecular weight excluding hydrogens is 404 g/mol. The summed E-state index contributed by atoms with van der Waals surface area (Å²) in [5.74, 6) is 0. The first-order valence-electron chi connectivity index (χ1n) is 8.55. The van der Waals surface area contributed by atoms with E-state index in [1.165, 1.54) is 16.4 Å². The van der Waals surface area contributed by atoms with Gasteiger partial charge in [-0.1, -0.05) is 37.6 Å². The van der Waals surface area contributed by atoms with Crippen LogP contribution in [0.2, 0.25) is 5.02 Å². The van der Waals surface area contributed by atoms with Gasteiger partial charge in [-0.2, -0.15) is 9.41 Å². The molecule has 0 saturated heterocycles. The SMILES string of the molecule is CCN(CC)S(=O)(=O)c1ccc(N/N=C(/C)c2cccc(Cl)c2)c([N+](=O)[O-])c1. The molecule has 28 heavy (non-hydrogen) atoms. The Kier molecular flexibility index (Phi) is 7.11. The number of hydrazone groups is 1. The summed E-state index contributed by atoms with van der Waals surface area (Å²) in [6.45, 7) is 5.69. The summed E-state index contributed by atoms with van der Waals surface area (Å²) in [4.78, 5) is 10.7. The van der Waals surface area contributed by atoms with Gasteiger partial charge in [0.25, 0.3) is 5.69 Å². The molecular formula is C18H21ClN4O4S. The molecule has 0 unspecified atom stereocenters. The first-order valence-corrected chi connectivity index (χ1v) is 10.4. The summed E-state index contributed by atoms with van der Waals surface area (Å²) in [5.41, 5.74) is 3.67. The molecule has 0 aromatic heterocycles. The molecule has 1 N–H and O–H groups in total. The number of nitro benzene ring substituents is 1. The fourth-order valence-corrected chi connectivity index (χ4v) is 4.22. The molecule has 10 heteroatoms. The van der Waals surface area contributed by atoms with E-state index in [-0.39, 0.29) is 29.4 Å². The summed E-state index contributed by atoms with van der Waals surface area (Å²) >= 11 is 5.96. The number of nitrogens with one attached hydrogen (secondary N) is 1. The van der Waals surface area contributed by atoms with Crippen molar-refractivity contribution in [1.82, 2.24) is 4.31 Å². The zero-order chi connectivity index (χ0) is 20.9. The van der Waals surface area contributed by atoms with E-state index in [2.05, 4.69) is 10.5 Å². The predicted octanol–water partition coefficient (Wildman–Crippen LogP) is 4.11. The summed E-state index contributed by atoms with van der Waals surface area (Å²) in [6, 6.07) is 10.7. The van der Waals surface area contributed by atoms with Gasteiger partial charge < -0.3 is 0 Å². The van der Waals surface area contributed by atoms with E-state index in [4.69, 9.17) is 11.6 Å². The number of hydrogen-bond donors (Lipinski definition) is 1. The Bertz CT molecular complexity index is 1000. The Labute approximate surface area is 169 Å². The molecule has 0 saturated carbocycles. The van der Waals surface area contributed by atoms with Crippen molar-refractivity contribution in [3.63, 3.8) is 0 Å². The predicted molar refractivity (Wildman–Crippen MR) is 110 cm³/mol. The van der Waals surface area contributed by atoms with E-state index in [1.807, 2.05) is 0 Å². The molecule has 2 aromatic rings. The van der Waals surface area contributed by atoms with E-state index >= 15 is 0 Å². The van der Waals surface area contributed by atoms with E-state index in [9.17, 15) is 18.5 Å². The standard InChI is InChI=1S/C18H21ClN4O4S/c1-4-22(5-2)28(26,27)16-9-10-17(18(12-16)23(24)25)21-20-13(3)14-7-6-8-15(19)11-14/h6-12,21H,4-5H2,1-3H3/b20-13-. The molecule has 0 spiro atoms. The molecule has 150 valence electrons. The van der Waals surface area contributed by atoms with Gasteiger partial charge in [-0.15, -0.1) is 0 Å². The number of nitrogens with zero attached hydrogens (tertiary/aromatic N) is 3. The Balaban J connectivity index is 2.38. The lowest BCUT2D eigenvalue weighted by Crippen LogP contribution is -2.30. The van der Waals surface area contributed by atoms with Crippen LogP contribution in [0.5, 0.6) is 0 Å². The minimum Gasteiger partial charge on any atom is -0.271 e. The third kappa shape index (κ3) is 4.86. The fourth-order valence-electron chi connectivity index (χ4n) is 2.55. The van der Waals surface area contributed by atoms with Crippen molar-refractivity contribution in [2.24, 2.45) is 5.10 Å². The van der Waals surface area contributed by atoms with Crippen molar-refractivity contribution < 1.29 is 13.3 Å². The zero-order valence-electron chi connectivity index (χ0n) is 15.7. The molecule has 2 rings (SSSR count). The van der Waals surface area contributed by atoms with Crippen LogP contribution in [0.1, 0.15) is 26.3 Å². The number of rotatable bonds is 8. The van der Waals surface area contributed by atoms with Gasteiger partial charge in [0.15, 0.2) is 0 Å². The van der Waals surface area contributed by atoms with E-state index in [0.717, 1.165) is 11.6 Å². The van der Waals surface area contributed by atoms with Crippen molar-refractivity contribution in [2.45, 2.75) is 25.7 Å². The molecule has 0 aliphatic carbocycles. The minimum atomic E-state index is -3.80. The van der Waals surface area contributed by atoms with Crippen LogP contribution in [0, 0.1) is 10.1 Å². The quantitative estimate of drug-likeness (QED) is 0.390. The average Bonchev–Trinajstić information content (AvgIpc) is 2.66. The number of anilines is 1. The van der Waals surface area contributed by atoms with Gasteiger partial charge in [0.1, 0.15) is 5.69 Å². The summed E-state index contributed by atoms with van der Waals surface area (Å²) < 4.78 is 26.4. The average molecular weight is 425 g/mol. The molecule has 0 radical (unpaired) electrons. The second-order valence-electron chi connectivity index (χ2n) is 5.84. The normalized spacial score (nSPS) is 12.2. The number of nitro groups is 1. The van der Waals surface area contributed by atoms with Crippen LogP contribution in [-0.2, 0) is 10.0 Å². The van der Waals surface area contributed by atoms with Gasteiger partial charge in [-0.25, -0.2) is 8.42 Å². The highest BCUT2D eigenvalue weighted by Gasteiger charge is 2.25. The molecule has 0 atom stereocenters. The Morgan fingerprint density at radius 1 is 1.21 bits per heavy atom. The summed E-state index contributed by atoms with van der Waals surface area (Å²) in [7, 11) is -3.80. The second kappa shape index (κ2) is 9.13. The van der Waals surface area contributed by atoms with Crippen LogP contribution in [0.15, 0.2) is 52.5 Å². The smallest absolute Gasteiger partial charge is 0.271 e. The van der Waals surface area contributed by atoms with Crippen molar-refractivity contribution in [3.8, 4) is 0 Å². The number of hydrogen-bond acceptors (Lipinski definition) is 6. The van der Waals surface area contributed by atoms with Crippen molar-refractivity contribution >= 4 is 38.7 Å². The lowest BCUT2D eigenvalue weighted by molar-refractivity contribution is -0.384. The largest absolute Gasteiger partial charge is 0.295 e. The van der Waals surface area contributed by atoms with Gasteiger partial charge >= 0.3 is 0 Å². The highest BCUT2D eigenvalue weighted by atomic mass is 35.5. The highest BCUT2D eigenvalue weighted by Crippen LogP contribution is 2.29. The molecule has 2 aromatic carbocycles. The van der Waals surface area contributed by atoms with Gasteiger partial charge in [0.2, 0.25) is 10.0 Å². The maximum Gasteiger partial charge on any atom is 0.295 e. The van der Waals surface area contributed by atoms with Crippen molar-refractivity contribution in [2.75, 3.05) is 18.5 Å². The minimum absolute atomic E-state index is 0.0878. The molecule has 0 bridgehead atoms. The molecule has 8 nitrogen and oxygen atoms in total. The Morgan fingerprint density at radius 3 is 2.46 bits per heavy atom. The lowest BCUT2D eigenvalue weighted by atomic mass is 10.1. The van der Waals surface area contributed by atoms with Gasteiger partial charge in [0.05, 0.1) is 15.5 Å². The first-order chi connectivity index (χ1) is 13.2. The van der Waals surface area contributed by atoms with E-state index in [1.54, 1.807) is 45.0 Å². The Hall–Kier alpha value is -2.49. The van der Waals surface area contributed by atoms with E-state index < -0.39 is 14.9 Å². The summed E-state index contributed by atoms with van der Waals surface area (Å²) in [5, 5.41) is 16.2. The number of sulfonamides is 1. The van der Waals surface area contributed by atoms with Crippen LogP contribution in [0.25, 0.3) is 0 Å². The molecule has 0 heterocycles. The third-order valence-corrected chi connectivity index (χ3v) is 6.38. The molecule has 0 aliphatic rings. The van der Waals surface area contributed by atoms with Crippen molar-refractivity contribution in [3.05, 3.63) is 63.2 Å². The monoisotopic (exact) mass is 424 g/mol. The van der Waals surface area contributed by atoms with Crippen LogP contribution in [-0.4, -0.2) is 36.4 Å². The topological polar surface area (TPSA) is 105 Å². The molecule has 0 fully saturated rings. The highest BCUT2D eigenvalue weighted by molar-refractivity contribution is 7.89. The van der Waals surface area contributed by atoms with Crippen LogP contribution in [0.4, 0.5) is 11.4 Å². The second-order valence-corrected chi connectivity index (χ2v) is 8.22. The van der Waals surface area contributed by atoms with Gasteiger partial charge in [-0.3, -0.25) is 15.5 Å². The first kappa shape index (κ1) is 21.8.